The van der Waals surface area contributed by atoms with Crippen molar-refractivity contribution < 1.29 is 14.3 Å². The van der Waals surface area contributed by atoms with Gasteiger partial charge < -0.3 is 14.4 Å². The molecule has 32 heavy (non-hydrogen) atoms. The van der Waals surface area contributed by atoms with Crippen LogP contribution in [0, 0.1) is 0 Å². The third kappa shape index (κ3) is 6.20. The molecule has 0 saturated carbocycles. The molecule has 2 heterocycles. The Morgan fingerprint density at radius 2 is 1.75 bits per heavy atom. The number of rotatable bonds is 10. The lowest BCUT2D eigenvalue weighted by molar-refractivity contribution is 0.0680. The number of aromatic nitrogens is 2. The Morgan fingerprint density at radius 1 is 0.969 bits per heavy atom. The van der Waals surface area contributed by atoms with Crippen molar-refractivity contribution in [3.8, 4) is 11.6 Å². The molecule has 3 rings (SSSR count). The van der Waals surface area contributed by atoms with E-state index in [2.05, 4.69) is 29.0 Å². The topological polar surface area (TPSA) is 64.5 Å². The molecule has 2 aromatic heterocycles. The summed E-state index contributed by atoms with van der Waals surface area (Å²) in [7, 11) is 3.13. The van der Waals surface area contributed by atoms with Gasteiger partial charge in [-0.3, -0.25) is 4.79 Å². The fourth-order valence-electron chi connectivity index (χ4n) is 3.51. The standard InChI is InChI=1S/C25H28ClN3O3/c1-18(12-13-19-8-5-4-6-9-19)29(25(30)21-10-7-11-23(26)28-21)17-16-20-14-15-22(31-2)24(27-20)32-3/h4-11,14-15,18H,12-13,16-17H2,1-3H3. The summed E-state index contributed by atoms with van der Waals surface area (Å²) in [5.41, 5.74) is 2.40. The van der Waals surface area contributed by atoms with E-state index in [4.69, 9.17) is 21.1 Å². The number of carbonyl (C=O) groups excluding carboxylic acids is 1. The number of amides is 1. The van der Waals surface area contributed by atoms with Crippen molar-refractivity contribution in [1.29, 1.82) is 0 Å². The second kappa shape index (κ2) is 11.5. The van der Waals surface area contributed by atoms with E-state index < -0.39 is 0 Å². The minimum absolute atomic E-state index is 0.00336. The van der Waals surface area contributed by atoms with Crippen LogP contribution >= 0.6 is 11.6 Å². The van der Waals surface area contributed by atoms with E-state index in [0.29, 0.717) is 35.4 Å². The minimum atomic E-state index is -0.145. The van der Waals surface area contributed by atoms with Crippen LogP contribution in [0.1, 0.15) is 35.1 Å². The van der Waals surface area contributed by atoms with Crippen LogP contribution in [0.2, 0.25) is 5.15 Å². The van der Waals surface area contributed by atoms with Crippen molar-refractivity contribution in [2.24, 2.45) is 0 Å². The van der Waals surface area contributed by atoms with Gasteiger partial charge in [-0.05, 0) is 49.6 Å². The predicted molar refractivity (Wildman–Crippen MR) is 126 cm³/mol. The molecule has 0 radical (unpaired) electrons. The normalized spacial score (nSPS) is 11.6. The molecule has 168 valence electrons. The van der Waals surface area contributed by atoms with E-state index in [1.165, 1.54) is 5.56 Å². The Bertz CT molecular complexity index is 1030. The summed E-state index contributed by atoms with van der Waals surface area (Å²) in [5, 5.41) is 0.300. The van der Waals surface area contributed by atoms with Crippen LogP contribution < -0.4 is 9.47 Å². The lowest BCUT2D eigenvalue weighted by atomic mass is 10.0. The van der Waals surface area contributed by atoms with Gasteiger partial charge in [-0.1, -0.05) is 48.0 Å². The Balaban J connectivity index is 1.77. The average molecular weight is 454 g/mol. The zero-order valence-corrected chi connectivity index (χ0v) is 19.4. The number of hydrogen-bond acceptors (Lipinski definition) is 5. The summed E-state index contributed by atoms with van der Waals surface area (Å²) in [6.45, 7) is 2.55. The van der Waals surface area contributed by atoms with Crippen LogP contribution in [-0.2, 0) is 12.8 Å². The van der Waals surface area contributed by atoms with Gasteiger partial charge in [0.1, 0.15) is 10.8 Å². The van der Waals surface area contributed by atoms with E-state index in [1.54, 1.807) is 32.4 Å². The van der Waals surface area contributed by atoms with Crippen molar-refractivity contribution >= 4 is 17.5 Å². The summed E-state index contributed by atoms with van der Waals surface area (Å²) in [5.74, 6) is 0.855. The van der Waals surface area contributed by atoms with Crippen LogP contribution in [0.15, 0.2) is 60.7 Å². The van der Waals surface area contributed by atoms with Crippen molar-refractivity contribution in [3.05, 3.63) is 82.8 Å². The fraction of sp³-hybridized carbons (Fsp3) is 0.320. The van der Waals surface area contributed by atoms with E-state index in [9.17, 15) is 4.79 Å². The Labute approximate surface area is 194 Å². The molecule has 0 bridgehead atoms. The van der Waals surface area contributed by atoms with Gasteiger partial charge in [0.05, 0.1) is 14.2 Å². The molecule has 0 aliphatic heterocycles. The van der Waals surface area contributed by atoms with Crippen LogP contribution in [0.25, 0.3) is 0 Å². The van der Waals surface area contributed by atoms with Crippen LogP contribution in [0.3, 0.4) is 0 Å². The zero-order chi connectivity index (χ0) is 22.9. The van der Waals surface area contributed by atoms with E-state index in [0.717, 1.165) is 18.5 Å². The van der Waals surface area contributed by atoms with Gasteiger partial charge in [0, 0.05) is 24.7 Å². The molecule has 1 unspecified atom stereocenters. The Hall–Kier alpha value is -3.12. The minimum Gasteiger partial charge on any atom is -0.491 e. The van der Waals surface area contributed by atoms with Gasteiger partial charge >= 0.3 is 0 Å². The highest BCUT2D eigenvalue weighted by molar-refractivity contribution is 6.29. The zero-order valence-electron chi connectivity index (χ0n) is 18.6. The van der Waals surface area contributed by atoms with Crippen LogP contribution in [-0.4, -0.2) is 47.6 Å². The second-order valence-corrected chi connectivity index (χ2v) is 7.87. The SMILES string of the molecule is COc1ccc(CCN(C(=O)c2cccc(Cl)n2)C(C)CCc2ccccc2)nc1OC. The van der Waals surface area contributed by atoms with Gasteiger partial charge in [0.25, 0.3) is 11.8 Å². The molecule has 0 spiro atoms. The summed E-state index contributed by atoms with van der Waals surface area (Å²) >= 11 is 6.03. The molecule has 0 N–H and O–H groups in total. The smallest absolute Gasteiger partial charge is 0.272 e. The van der Waals surface area contributed by atoms with Gasteiger partial charge in [-0.15, -0.1) is 0 Å². The van der Waals surface area contributed by atoms with E-state index in [-0.39, 0.29) is 11.9 Å². The summed E-state index contributed by atoms with van der Waals surface area (Å²) < 4.78 is 10.6. The lowest BCUT2D eigenvalue weighted by Crippen LogP contribution is -2.40. The summed E-state index contributed by atoms with van der Waals surface area (Å²) in [6.07, 6.45) is 2.28. The third-order valence-corrected chi connectivity index (χ3v) is 5.54. The highest BCUT2D eigenvalue weighted by Gasteiger charge is 2.23. The molecule has 0 aliphatic carbocycles. The first kappa shape index (κ1) is 23.5. The number of aryl methyl sites for hydroxylation is 1. The van der Waals surface area contributed by atoms with Gasteiger partial charge in [-0.25, -0.2) is 9.97 Å². The van der Waals surface area contributed by atoms with Crippen molar-refractivity contribution in [2.75, 3.05) is 20.8 Å². The first-order valence-electron chi connectivity index (χ1n) is 10.6. The Morgan fingerprint density at radius 3 is 2.44 bits per heavy atom. The average Bonchev–Trinajstić information content (AvgIpc) is 2.83. The molecule has 1 atom stereocenters. The fourth-order valence-corrected chi connectivity index (χ4v) is 3.68. The van der Waals surface area contributed by atoms with Crippen molar-refractivity contribution in [2.45, 2.75) is 32.2 Å². The van der Waals surface area contributed by atoms with Crippen molar-refractivity contribution in [3.63, 3.8) is 0 Å². The lowest BCUT2D eigenvalue weighted by Gasteiger charge is -2.29. The molecule has 0 fully saturated rings. The first-order valence-corrected chi connectivity index (χ1v) is 10.9. The molecule has 6 nitrogen and oxygen atoms in total. The highest BCUT2D eigenvalue weighted by Crippen LogP contribution is 2.24. The molecular formula is C25H28ClN3O3. The maximum absolute atomic E-state index is 13.3. The quantitative estimate of drug-likeness (QED) is 0.410. The number of hydrogen-bond donors (Lipinski definition) is 0. The maximum atomic E-state index is 13.3. The monoisotopic (exact) mass is 453 g/mol. The van der Waals surface area contributed by atoms with Gasteiger partial charge in [0.15, 0.2) is 5.75 Å². The van der Waals surface area contributed by atoms with Gasteiger partial charge in [0.2, 0.25) is 0 Å². The number of pyridine rings is 2. The number of ether oxygens (including phenoxy) is 2. The number of carbonyl (C=O) groups is 1. The molecule has 1 aromatic carbocycles. The Kier molecular flexibility index (Phi) is 8.45. The van der Waals surface area contributed by atoms with E-state index >= 15 is 0 Å². The third-order valence-electron chi connectivity index (χ3n) is 5.33. The largest absolute Gasteiger partial charge is 0.491 e. The maximum Gasteiger partial charge on any atom is 0.272 e. The number of halogens is 1. The molecule has 0 saturated heterocycles. The van der Waals surface area contributed by atoms with Crippen molar-refractivity contribution in [1.82, 2.24) is 14.9 Å². The first-order chi connectivity index (χ1) is 15.5. The summed E-state index contributed by atoms with van der Waals surface area (Å²) in [4.78, 5) is 23.9. The number of methoxy groups -OCH3 is 2. The van der Waals surface area contributed by atoms with E-state index in [1.807, 2.05) is 35.2 Å². The molecule has 0 aliphatic rings. The van der Waals surface area contributed by atoms with Crippen LogP contribution in [0.5, 0.6) is 11.6 Å². The second-order valence-electron chi connectivity index (χ2n) is 7.48. The highest BCUT2D eigenvalue weighted by atomic mass is 35.5. The summed E-state index contributed by atoms with van der Waals surface area (Å²) in [6, 6.07) is 19.1. The molecule has 3 aromatic rings. The number of nitrogens with zero attached hydrogens (tertiary/aromatic N) is 3. The van der Waals surface area contributed by atoms with Crippen LogP contribution in [0.4, 0.5) is 0 Å². The van der Waals surface area contributed by atoms with Gasteiger partial charge in [-0.2, -0.15) is 0 Å². The number of benzene rings is 1. The predicted octanol–water partition coefficient (Wildman–Crippen LogP) is 4.85. The molecule has 1 amide bonds. The molecular weight excluding hydrogens is 426 g/mol. The molecule has 7 heteroatoms.